The second-order valence-electron chi connectivity index (χ2n) is 5.80. The summed E-state index contributed by atoms with van der Waals surface area (Å²) in [6.07, 6.45) is 2.58. The summed E-state index contributed by atoms with van der Waals surface area (Å²) in [5.41, 5.74) is 0. The Kier molecular flexibility index (Phi) is 6.65. The van der Waals surface area contributed by atoms with Gasteiger partial charge in [-0.05, 0) is 44.8 Å². The highest BCUT2D eigenvalue weighted by atomic mass is 16.5. The minimum Gasteiger partial charge on any atom is -0.469 e. The number of likely N-dealkylation sites (tertiary alicyclic amines) is 1. The Labute approximate surface area is 111 Å². The van der Waals surface area contributed by atoms with Gasteiger partial charge in [0.05, 0.1) is 13.0 Å². The number of piperidine rings is 1. The summed E-state index contributed by atoms with van der Waals surface area (Å²) in [4.78, 5) is 14.0. The largest absolute Gasteiger partial charge is 0.469 e. The molecule has 0 amide bonds. The fourth-order valence-electron chi connectivity index (χ4n) is 2.63. The first-order valence-corrected chi connectivity index (χ1v) is 7.01. The van der Waals surface area contributed by atoms with Crippen molar-refractivity contribution in [2.45, 2.75) is 26.7 Å². The number of methoxy groups -OCH3 is 1. The molecule has 2 atom stereocenters. The Balaban J connectivity index is 2.28. The summed E-state index contributed by atoms with van der Waals surface area (Å²) in [6.45, 7) is 8.25. The SMILES string of the molecule is COC(=O)C(CNCC1CCCN(C)C1)C(C)C. The van der Waals surface area contributed by atoms with E-state index in [0.717, 1.165) is 19.6 Å². The topological polar surface area (TPSA) is 41.6 Å². The molecule has 0 spiro atoms. The quantitative estimate of drug-likeness (QED) is 0.729. The van der Waals surface area contributed by atoms with Crippen LogP contribution in [0.4, 0.5) is 0 Å². The summed E-state index contributed by atoms with van der Waals surface area (Å²) in [5, 5.41) is 3.44. The van der Waals surface area contributed by atoms with Gasteiger partial charge in [0, 0.05) is 13.1 Å². The van der Waals surface area contributed by atoms with Crippen LogP contribution in [0.1, 0.15) is 26.7 Å². The van der Waals surface area contributed by atoms with E-state index in [0.29, 0.717) is 11.8 Å². The highest BCUT2D eigenvalue weighted by Crippen LogP contribution is 2.15. The molecule has 1 fully saturated rings. The van der Waals surface area contributed by atoms with Gasteiger partial charge in [-0.3, -0.25) is 4.79 Å². The van der Waals surface area contributed by atoms with Crippen molar-refractivity contribution >= 4 is 5.97 Å². The fraction of sp³-hybridized carbons (Fsp3) is 0.929. The van der Waals surface area contributed by atoms with Crippen LogP contribution in [0.25, 0.3) is 0 Å². The van der Waals surface area contributed by atoms with Gasteiger partial charge in [-0.2, -0.15) is 0 Å². The Morgan fingerprint density at radius 1 is 1.50 bits per heavy atom. The van der Waals surface area contributed by atoms with Crippen LogP contribution < -0.4 is 5.32 Å². The zero-order valence-corrected chi connectivity index (χ0v) is 12.2. The molecule has 18 heavy (non-hydrogen) atoms. The Morgan fingerprint density at radius 3 is 2.78 bits per heavy atom. The van der Waals surface area contributed by atoms with Crippen LogP contribution in [0, 0.1) is 17.8 Å². The summed E-state index contributed by atoms with van der Waals surface area (Å²) >= 11 is 0. The molecule has 4 heteroatoms. The van der Waals surface area contributed by atoms with Crippen molar-refractivity contribution in [2.24, 2.45) is 17.8 Å². The summed E-state index contributed by atoms with van der Waals surface area (Å²) in [7, 11) is 3.64. The molecule has 0 bridgehead atoms. The molecule has 0 aromatic heterocycles. The lowest BCUT2D eigenvalue weighted by molar-refractivity contribution is -0.146. The van der Waals surface area contributed by atoms with Gasteiger partial charge in [-0.25, -0.2) is 0 Å². The van der Waals surface area contributed by atoms with Crippen molar-refractivity contribution < 1.29 is 9.53 Å². The van der Waals surface area contributed by atoms with Crippen LogP contribution in [0.3, 0.4) is 0 Å². The molecule has 1 rings (SSSR count). The monoisotopic (exact) mass is 256 g/mol. The van der Waals surface area contributed by atoms with Gasteiger partial charge in [-0.15, -0.1) is 0 Å². The average molecular weight is 256 g/mol. The molecular weight excluding hydrogens is 228 g/mol. The Bertz CT molecular complexity index is 256. The number of hydrogen-bond acceptors (Lipinski definition) is 4. The minimum absolute atomic E-state index is 0.0312. The van der Waals surface area contributed by atoms with Gasteiger partial charge in [0.2, 0.25) is 0 Å². The lowest BCUT2D eigenvalue weighted by Crippen LogP contribution is -2.40. The first-order chi connectivity index (χ1) is 8.54. The number of nitrogens with one attached hydrogen (secondary N) is 1. The van der Waals surface area contributed by atoms with E-state index in [-0.39, 0.29) is 11.9 Å². The van der Waals surface area contributed by atoms with E-state index in [9.17, 15) is 4.79 Å². The first-order valence-electron chi connectivity index (χ1n) is 7.01. The van der Waals surface area contributed by atoms with E-state index in [1.54, 1.807) is 0 Å². The molecule has 1 heterocycles. The fourth-order valence-corrected chi connectivity index (χ4v) is 2.63. The number of carbonyl (C=O) groups excluding carboxylic acids is 1. The molecule has 0 aromatic carbocycles. The van der Waals surface area contributed by atoms with Crippen molar-refractivity contribution in [3.8, 4) is 0 Å². The molecule has 4 nitrogen and oxygen atoms in total. The van der Waals surface area contributed by atoms with Crippen LogP contribution >= 0.6 is 0 Å². The van der Waals surface area contributed by atoms with Crippen molar-refractivity contribution in [1.82, 2.24) is 10.2 Å². The third-order valence-corrected chi connectivity index (χ3v) is 3.83. The standard InChI is InChI=1S/C14H28N2O2/c1-11(2)13(14(17)18-4)9-15-8-12-6-5-7-16(3)10-12/h11-13,15H,5-10H2,1-4H3. The van der Waals surface area contributed by atoms with Gasteiger partial charge >= 0.3 is 5.97 Å². The van der Waals surface area contributed by atoms with Gasteiger partial charge < -0.3 is 15.0 Å². The van der Waals surface area contributed by atoms with Crippen molar-refractivity contribution in [1.29, 1.82) is 0 Å². The van der Waals surface area contributed by atoms with Gasteiger partial charge in [0.15, 0.2) is 0 Å². The van der Waals surface area contributed by atoms with E-state index >= 15 is 0 Å². The minimum atomic E-state index is -0.0988. The highest BCUT2D eigenvalue weighted by molar-refractivity contribution is 5.72. The molecule has 2 unspecified atom stereocenters. The van der Waals surface area contributed by atoms with Crippen LogP contribution in [-0.2, 0) is 9.53 Å². The number of esters is 1. The number of hydrogen-bond donors (Lipinski definition) is 1. The first kappa shape index (κ1) is 15.4. The summed E-state index contributed by atoms with van der Waals surface area (Å²) in [6, 6.07) is 0. The lowest BCUT2D eigenvalue weighted by atomic mass is 9.94. The highest BCUT2D eigenvalue weighted by Gasteiger charge is 2.23. The second-order valence-corrected chi connectivity index (χ2v) is 5.80. The maximum atomic E-state index is 11.6. The predicted molar refractivity (Wildman–Crippen MR) is 73.4 cm³/mol. The molecule has 1 N–H and O–H groups in total. The number of ether oxygens (including phenoxy) is 1. The Morgan fingerprint density at radius 2 is 2.22 bits per heavy atom. The summed E-state index contributed by atoms with van der Waals surface area (Å²) in [5.74, 6) is 0.905. The zero-order valence-electron chi connectivity index (χ0n) is 12.2. The van der Waals surface area contributed by atoms with Crippen LogP contribution in [-0.4, -0.2) is 51.2 Å². The van der Waals surface area contributed by atoms with Gasteiger partial charge in [0.1, 0.15) is 0 Å². The predicted octanol–water partition coefficient (Wildman–Crippen LogP) is 1.36. The van der Waals surface area contributed by atoms with E-state index in [1.165, 1.54) is 26.5 Å². The molecular formula is C14H28N2O2. The van der Waals surface area contributed by atoms with Crippen LogP contribution in [0.2, 0.25) is 0 Å². The molecule has 1 saturated heterocycles. The van der Waals surface area contributed by atoms with Crippen LogP contribution in [0.5, 0.6) is 0 Å². The maximum absolute atomic E-state index is 11.6. The van der Waals surface area contributed by atoms with Crippen molar-refractivity contribution in [3.63, 3.8) is 0 Å². The van der Waals surface area contributed by atoms with E-state index < -0.39 is 0 Å². The molecule has 0 radical (unpaired) electrons. The van der Waals surface area contributed by atoms with E-state index in [2.05, 4.69) is 31.1 Å². The smallest absolute Gasteiger partial charge is 0.310 e. The van der Waals surface area contributed by atoms with Crippen LogP contribution in [0.15, 0.2) is 0 Å². The number of rotatable bonds is 6. The lowest BCUT2D eigenvalue weighted by Gasteiger charge is -2.30. The van der Waals surface area contributed by atoms with Crippen molar-refractivity contribution in [3.05, 3.63) is 0 Å². The van der Waals surface area contributed by atoms with E-state index in [4.69, 9.17) is 4.74 Å². The molecule has 0 aromatic rings. The Hall–Kier alpha value is -0.610. The molecule has 106 valence electrons. The second kappa shape index (κ2) is 7.74. The van der Waals surface area contributed by atoms with E-state index in [1.807, 2.05) is 0 Å². The zero-order chi connectivity index (χ0) is 13.5. The molecule has 1 aliphatic heterocycles. The molecule has 0 saturated carbocycles. The molecule has 0 aliphatic carbocycles. The van der Waals surface area contributed by atoms with Crippen molar-refractivity contribution in [2.75, 3.05) is 40.3 Å². The molecule has 1 aliphatic rings. The third kappa shape index (κ3) is 4.94. The average Bonchev–Trinajstić information content (AvgIpc) is 2.33. The summed E-state index contributed by atoms with van der Waals surface area (Å²) < 4.78 is 4.85. The van der Waals surface area contributed by atoms with Gasteiger partial charge in [0.25, 0.3) is 0 Å². The third-order valence-electron chi connectivity index (χ3n) is 3.83. The van der Waals surface area contributed by atoms with Gasteiger partial charge in [-0.1, -0.05) is 13.8 Å². The number of nitrogens with zero attached hydrogens (tertiary/aromatic N) is 1. The maximum Gasteiger partial charge on any atom is 0.310 e. The normalized spacial score (nSPS) is 23.1. The number of carbonyl (C=O) groups is 1.